The number of hydrogen-bond acceptors (Lipinski definition) is 5. The van der Waals surface area contributed by atoms with Gasteiger partial charge in [-0.3, -0.25) is 9.80 Å². The molecule has 5 heteroatoms. The first-order valence-corrected chi connectivity index (χ1v) is 10.3. The van der Waals surface area contributed by atoms with E-state index in [1.807, 2.05) is 11.3 Å². The van der Waals surface area contributed by atoms with Gasteiger partial charge in [-0.05, 0) is 50.0 Å². The fourth-order valence-electron chi connectivity index (χ4n) is 3.05. The van der Waals surface area contributed by atoms with Gasteiger partial charge in [0, 0.05) is 35.8 Å². The molecule has 0 spiro atoms. The number of likely N-dealkylation sites (tertiary alicyclic amines) is 1. The maximum Gasteiger partial charge on any atom is 0.0954 e. The molecule has 1 aliphatic rings. The molecule has 0 radical (unpaired) electrons. The maximum atomic E-state index is 4.74. The summed E-state index contributed by atoms with van der Waals surface area (Å²) in [5.74, 6) is 0.532. The highest BCUT2D eigenvalue weighted by Gasteiger charge is 2.13. The van der Waals surface area contributed by atoms with Gasteiger partial charge in [-0.1, -0.05) is 13.8 Å². The highest BCUT2D eigenvalue weighted by molar-refractivity contribution is 7.10. The van der Waals surface area contributed by atoms with Gasteiger partial charge in [-0.15, -0.1) is 22.7 Å². The number of nitrogens with zero attached hydrogens (tertiary/aromatic N) is 3. The second kappa shape index (κ2) is 7.88. The molecule has 0 saturated carbocycles. The molecule has 1 aliphatic heterocycles. The number of thiazole rings is 1. The summed E-state index contributed by atoms with van der Waals surface area (Å²) in [5.41, 5.74) is 2.69. The van der Waals surface area contributed by atoms with Crippen molar-refractivity contribution in [3.8, 4) is 0 Å². The molecular weight excluding hydrogens is 322 g/mol. The molecule has 23 heavy (non-hydrogen) atoms. The average molecular weight is 350 g/mol. The van der Waals surface area contributed by atoms with Crippen molar-refractivity contribution in [2.45, 2.75) is 52.2 Å². The van der Waals surface area contributed by atoms with Gasteiger partial charge in [0.05, 0.1) is 10.7 Å². The molecule has 0 aromatic carbocycles. The largest absolute Gasteiger partial charge is 0.299 e. The molecule has 0 amide bonds. The van der Waals surface area contributed by atoms with E-state index in [0.29, 0.717) is 5.92 Å². The lowest BCUT2D eigenvalue weighted by Gasteiger charge is -2.14. The van der Waals surface area contributed by atoms with Crippen molar-refractivity contribution in [3.63, 3.8) is 0 Å². The number of aromatic nitrogens is 1. The molecule has 0 N–H and O–H groups in total. The SMILES string of the molecule is CC(C)c1nc(CN(C)Cc2cc(CN3CCCC3)cs2)cs1. The lowest BCUT2D eigenvalue weighted by atomic mass is 10.2. The van der Waals surface area contributed by atoms with Crippen LogP contribution >= 0.6 is 22.7 Å². The van der Waals surface area contributed by atoms with Crippen LogP contribution in [0.5, 0.6) is 0 Å². The monoisotopic (exact) mass is 349 g/mol. The average Bonchev–Trinajstić information content (AvgIpc) is 3.21. The zero-order chi connectivity index (χ0) is 16.2. The Bertz CT molecular complexity index is 611. The quantitative estimate of drug-likeness (QED) is 0.731. The van der Waals surface area contributed by atoms with Gasteiger partial charge in [0.1, 0.15) is 0 Å². The minimum Gasteiger partial charge on any atom is -0.299 e. The predicted octanol–water partition coefficient (Wildman–Crippen LogP) is 4.56. The van der Waals surface area contributed by atoms with Crippen molar-refractivity contribution in [3.05, 3.63) is 38.0 Å². The van der Waals surface area contributed by atoms with Gasteiger partial charge in [0.2, 0.25) is 0 Å². The minimum atomic E-state index is 0.532. The van der Waals surface area contributed by atoms with Crippen molar-refractivity contribution < 1.29 is 0 Å². The molecule has 1 fully saturated rings. The smallest absolute Gasteiger partial charge is 0.0954 e. The molecule has 2 aromatic heterocycles. The summed E-state index contributed by atoms with van der Waals surface area (Å²) >= 11 is 3.68. The predicted molar refractivity (Wildman–Crippen MR) is 100 cm³/mol. The zero-order valence-corrected chi connectivity index (χ0v) is 16.1. The number of hydrogen-bond donors (Lipinski definition) is 0. The van der Waals surface area contributed by atoms with Crippen LogP contribution in [-0.4, -0.2) is 34.9 Å². The Morgan fingerprint density at radius 3 is 2.65 bits per heavy atom. The van der Waals surface area contributed by atoms with E-state index in [2.05, 4.69) is 47.5 Å². The summed E-state index contributed by atoms with van der Waals surface area (Å²) in [6.07, 6.45) is 2.73. The third-order valence-corrected chi connectivity index (χ3v) is 6.40. The molecule has 2 aromatic rings. The minimum absolute atomic E-state index is 0.532. The Hall–Kier alpha value is -0.750. The Kier molecular flexibility index (Phi) is 5.85. The Morgan fingerprint density at radius 1 is 1.17 bits per heavy atom. The third kappa shape index (κ3) is 4.86. The molecule has 3 rings (SSSR count). The third-order valence-electron chi connectivity index (χ3n) is 4.23. The lowest BCUT2D eigenvalue weighted by molar-refractivity contribution is 0.317. The normalized spacial score (nSPS) is 16.0. The number of rotatable bonds is 7. The van der Waals surface area contributed by atoms with E-state index in [4.69, 9.17) is 4.98 Å². The fraction of sp³-hybridized carbons (Fsp3) is 0.611. The van der Waals surface area contributed by atoms with Crippen LogP contribution in [0.4, 0.5) is 0 Å². The van der Waals surface area contributed by atoms with Gasteiger partial charge in [-0.25, -0.2) is 4.98 Å². The standard InChI is InChI=1S/C18H27N3S2/c1-14(2)18-19-16(13-23-18)10-20(3)11-17-8-15(12-22-17)9-21-6-4-5-7-21/h8,12-14H,4-7,9-11H2,1-3H3. The van der Waals surface area contributed by atoms with Crippen LogP contribution in [0.25, 0.3) is 0 Å². The molecule has 0 unspecified atom stereocenters. The summed E-state index contributed by atoms with van der Waals surface area (Å²) < 4.78 is 0. The van der Waals surface area contributed by atoms with Crippen molar-refractivity contribution in [2.75, 3.05) is 20.1 Å². The van der Waals surface area contributed by atoms with E-state index < -0.39 is 0 Å². The molecule has 0 aliphatic carbocycles. The Balaban J connectivity index is 1.50. The van der Waals surface area contributed by atoms with E-state index in [-0.39, 0.29) is 0 Å². The van der Waals surface area contributed by atoms with Crippen LogP contribution < -0.4 is 0 Å². The van der Waals surface area contributed by atoms with Gasteiger partial charge < -0.3 is 0 Å². The molecule has 1 saturated heterocycles. The molecule has 3 nitrogen and oxygen atoms in total. The summed E-state index contributed by atoms with van der Waals surface area (Å²) in [5, 5.41) is 5.79. The highest BCUT2D eigenvalue weighted by Crippen LogP contribution is 2.22. The summed E-state index contributed by atoms with van der Waals surface area (Å²) in [6.45, 7) is 10.0. The van der Waals surface area contributed by atoms with Gasteiger partial charge in [0.15, 0.2) is 0 Å². The molecule has 3 heterocycles. The molecule has 126 valence electrons. The van der Waals surface area contributed by atoms with Gasteiger partial charge in [0.25, 0.3) is 0 Å². The summed E-state index contributed by atoms with van der Waals surface area (Å²) in [6, 6.07) is 2.39. The van der Waals surface area contributed by atoms with Crippen LogP contribution in [0, 0.1) is 0 Å². The summed E-state index contributed by atoms with van der Waals surface area (Å²) in [7, 11) is 2.19. The van der Waals surface area contributed by atoms with Crippen LogP contribution in [0.2, 0.25) is 0 Å². The zero-order valence-electron chi connectivity index (χ0n) is 14.4. The second-order valence-corrected chi connectivity index (χ2v) is 8.79. The molecule has 0 atom stereocenters. The van der Waals surface area contributed by atoms with Crippen LogP contribution in [-0.2, 0) is 19.6 Å². The van der Waals surface area contributed by atoms with Crippen LogP contribution in [0.3, 0.4) is 0 Å². The van der Waals surface area contributed by atoms with E-state index >= 15 is 0 Å². The van der Waals surface area contributed by atoms with E-state index in [1.165, 1.54) is 47.1 Å². The van der Waals surface area contributed by atoms with Gasteiger partial charge >= 0.3 is 0 Å². The topological polar surface area (TPSA) is 19.4 Å². The van der Waals surface area contributed by atoms with E-state index in [0.717, 1.165) is 19.6 Å². The van der Waals surface area contributed by atoms with E-state index in [1.54, 1.807) is 11.3 Å². The molecular formula is C18H27N3S2. The second-order valence-electron chi connectivity index (χ2n) is 6.91. The number of thiophene rings is 1. The first kappa shape index (κ1) is 17.1. The van der Waals surface area contributed by atoms with Crippen LogP contribution in [0.15, 0.2) is 16.8 Å². The maximum absolute atomic E-state index is 4.74. The van der Waals surface area contributed by atoms with Crippen molar-refractivity contribution in [2.24, 2.45) is 0 Å². The Labute approximate surface area is 148 Å². The van der Waals surface area contributed by atoms with Gasteiger partial charge in [-0.2, -0.15) is 0 Å². The van der Waals surface area contributed by atoms with Crippen molar-refractivity contribution >= 4 is 22.7 Å². The van der Waals surface area contributed by atoms with E-state index in [9.17, 15) is 0 Å². The van der Waals surface area contributed by atoms with Crippen molar-refractivity contribution in [1.82, 2.24) is 14.8 Å². The summed E-state index contributed by atoms with van der Waals surface area (Å²) in [4.78, 5) is 11.1. The fourth-order valence-corrected chi connectivity index (χ4v) is 4.84. The molecule has 0 bridgehead atoms. The van der Waals surface area contributed by atoms with Crippen molar-refractivity contribution in [1.29, 1.82) is 0 Å². The lowest BCUT2D eigenvalue weighted by Crippen LogP contribution is -2.18. The first-order chi connectivity index (χ1) is 11.1. The van der Waals surface area contributed by atoms with Crippen LogP contribution in [0.1, 0.15) is 53.7 Å². The first-order valence-electron chi connectivity index (χ1n) is 8.51. The Morgan fingerprint density at radius 2 is 1.96 bits per heavy atom. The highest BCUT2D eigenvalue weighted by atomic mass is 32.1.